The Labute approximate surface area is 221 Å². The van der Waals surface area contributed by atoms with Gasteiger partial charge in [0.15, 0.2) is 5.78 Å². The molecular formula is C32H26N2O4. The van der Waals surface area contributed by atoms with E-state index >= 15 is 0 Å². The van der Waals surface area contributed by atoms with Crippen LogP contribution in [-0.4, -0.2) is 24.7 Å². The summed E-state index contributed by atoms with van der Waals surface area (Å²) in [7, 11) is 1.60. The van der Waals surface area contributed by atoms with Crippen LogP contribution in [0.1, 0.15) is 31.8 Å². The Balaban J connectivity index is 1.45. The maximum Gasteiger partial charge on any atom is 0.272 e. The Kier molecular flexibility index (Phi) is 8.60. The third-order valence-electron chi connectivity index (χ3n) is 5.61. The molecule has 0 bridgehead atoms. The number of hydrogen-bond donors (Lipinski definition) is 2. The highest BCUT2D eigenvalue weighted by molar-refractivity contribution is 6.11. The van der Waals surface area contributed by atoms with E-state index in [-0.39, 0.29) is 11.5 Å². The zero-order valence-corrected chi connectivity index (χ0v) is 20.8. The monoisotopic (exact) mass is 502 g/mol. The molecule has 0 unspecified atom stereocenters. The molecule has 0 aromatic heterocycles. The van der Waals surface area contributed by atoms with Gasteiger partial charge in [-0.2, -0.15) is 0 Å². The number of amides is 2. The average molecular weight is 503 g/mol. The molecule has 6 heteroatoms. The molecule has 0 saturated heterocycles. The van der Waals surface area contributed by atoms with Crippen molar-refractivity contribution in [2.45, 2.75) is 0 Å². The number of allylic oxidation sites excluding steroid dienone is 1. The summed E-state index contributed by atoms with van der Waals surface area (Å²) >= 11 is 0. The van der Waals surface area contributed by atoms with E-state index in [9.17, 15) is 14.4 Å². The Morgan fingerprint density at radius 2 is 1.32 bits per heavy atom. The van der Waals surface area contributed by atoms with Crippen molar-refractivity contribution < 1.29 is 19.1 Å². The van der Waals surface area contributed by atoms with E-state index in [4.69, 9.17) is 4.74 Å². The first-order chi connectivity index (χ1) is 18.5. The number of hydrogen-bond acceptors (Lipinski definition) is 4. The van der Waals surface area contributed by atoms with Crippen LogP contribution in [0.3, 0.4) is 0 Å². The van der Waals surface area contributed by atoms with Crippen LogP contribution in [-0.2, 0) is 4.79 Å². The van der Waals surface area contributed by atoms with Crippen LogP contribution in [0.4, 0.5) is 5.69 Å². The molecule has 0 fully saturated rings. The lowest BCUT2D eigenvalue weighted by Gasteiger charge is -2.12. The zero-order chi connectivity index (χ0) is 26.7. The number of carbonyl (C=O) groups is 3. The van der Waals surface area contributed by atoms with Gasteiger partial charge in [-0.25, -0.2) is 0 Å². The number of methoxy groups -OCH3 is 1. The number of benzene rings is 4. The maximum atomic E-state index is 13.1. The second-order valence-corrected chi connectivity index (χ2v) is 8.29. The van der Waals surface area contributed by atoms with Crippen molar-refractivity contribution in [3.8, 4) is 5.75 Å². The molecule has 0 radical (unpaired) electrons. The van der Waals surface area contributed by atoms with Crippen molar-refractivity contribution in [3.63, 3.8) is 0 Å². The summed E-state index contributed by atoms with van der Waals surface area (Å²) in [6.07, 6.45) is 4.83. The number of nitrogens with one attached hydrogen (secondary N) is 2. The molecule has 0 heterocycles. The fourth-order valence-corrected chi connectivity index (χ4v) is 3.56. The molecule has 6 nitrogen and oxygen atoms in total. The molecule has 0 aliphatic rings. The number of rotatable bonds is 9. The summed E-state index contributed by atoms with van der Waals surface area (Å²) in [6.45, 7) is 0. The van der Waals surface area contributed by atoms with Gasteiger partial charge in [0.1, 0.15) is 11.4 Å². The normalized spacial score (nSPS) is 11.1. The van der Waals surface area contributed by atoms with Crippen LogP contribution in [0.2, 0.25) is 0 Å². The predicted molar refractivity (Wildman–Crippen MR) is 150 cm³/mol. The Morgan fingerprint density at radius 3 is 1.95 bits per heavy atom. The van der Waals surface area contributed by atoms with Crippen LogP contribution < -0.4 is 15.4 Å². The first kappa shape index (κ1) is 25.9. The third kappa shape index (κ3) is 7.15. The number of carbonyl (C=O) groups excluding carboxylic acids is 3. The van der Waals surface area contributed by atoms with E-state index < -0.39 is 11.8 Å². The molecule has 2 N–H and O–H groups in total. The first-order valence-corrected chi connectivity index (χ1v) is 11.9. The van der Waals surface area contributed by atoms with Crippen LogP contribution in [0.5, 0.6) is 5.75 Å². The number of anilines is 1. The topological polar surface area (TPSA) is 84.5 Å². The van der Waals surface area contributed by atoms with E-state index in [2.05, 4.69) is 10.6 Å². The van der Waals surface area contributed by atoms with Gasteiger partial charge >= 0.3 is 0 Å². The van der Waals surface area contributed by atoms with Crippen LogP contribution >= 0.6 is 0 Å². The molecule has 0 atom stereocenters. The molecule has 0 aliphatic heterocycles. The fourth-order valence-electron chi connectivity index (χ4n) is 3.56. The lowest BCUT2D eigenvalue weighted by molar-refractivity contribution is -0.113. The van der Waals surface area contributed by atoms with Gasteiger partial charge in [-0.1, -0.05) is 66.7 Å². The molecule has 4 rings (SSSR count). The van der Waals surface area contributed by atoms with Gasteiger partial charge in [0.05, 0.1) is 7.11 Å². The van der Waals surface area contributed by atoms with Crippen molar-refractivity contribution in [2.75, 3.05) is 12.4 Å². The van der Waals surface area contributed by atoms with E-state index in [1.54, 1.807) is 67.8 Å². The number of ether oxygens (including phenoxy) is 1. The lowest BCUT2D eigenvalue weighted by Crippen LogP contribution is -2.30. The molecule has 4 aromatic rings. The summed E-state index contributed by atoms with van der Waals surface area (Å²) < 4.78 is 5.14. The highest BCUT2D eigenvalue weighted by Crippen LogP contribution is 2.15. The van der Waals surface area contributed by atoms with Crippen molar-refractivity contribution in [1.29, 1.82) is 0 Å². The first-order valence-electron chi connectivity index (χ1n) is 11.9. The molecule has 0 saturated carbocycles. The Morgan fingerprint density at radius 1 is 0.684 bits per heavy atom. The van der Waals surface area contributed by atoms with Gasteiger partial charge in [-0.3, -0.25) is 14.4 Å². The SMILES string of the molecule is COc1ccc(/C=C/C(=O)c2ccc(NC(=O)/C(=C/c3ccccc3)NC(=O)c3ccccc3)cc2)cc1. The second kappa shape index (κ2) is 12.6. The average Bonchev–Trinajstić information content (AvgIpc) is 2.97. The molecule has 0 aliphatic carbocycles. The van der Waals surface area contributed by atoms with E-state index in [0.717, 1.165) is 16.9 Å². The Bertz CT molecular complexity index is 1460. The van der Waals surface area contributed by atoms with Crippen LogP contribution in [0.25, 0.3) is 12.2 Å². The van der Waals surface area contributed by atoms with E-state index in [0.29, 0.717) is 16.8 Å². The molecule has 0 spiro atoms. The lowest BCUT2D eigenvalue weighted by atomic mass is 10.1. The number of ketones is 1. The smallest absolute Gasteiger partial charge is 0.272 e. The van der Waals surface area contributed by atoms with Crippen LogP contribution in [0, 0.1) is 0 Å². The summed E-state index contributed by atoms with van der Waals surface area (Å²) in [5.74, 6) is -0.310. The largest absolute Gasteiger partial charge is 0.497 e. The quantitative estimate of drug-likeness (QED) is 0.217. The van der Waals surface area contributed by atoms with Gasteiger partial charge in [0.2, 0.25) is 0 Å². The summed E-state index contributed by atoms with van der Waals surface area (Å²) in [5, 5.41) is 5.50. The van der Waals surface area contributed by atoms with Gasteiger partial charge in [-0.05, 0) is 71.8 Å². The minimum atomic E-state index is -0.489. The van der Waals surface area contributed by atoms with Gasteiger partial charge in [-0.15, -0.1) is 0 Å². The highest BCUT2D eigenvalue weighted by Gasteiger charge is 2.15. The second-order valence-electron chi connectivity index (χ2n) is 8.29. The van der Waals surface area contributed by atoms with Crippen LogP contribution in [0.15, 0.2) is 121 Å². The maximum absolute atomic E-state index is 13.1. The predicted octanol–water partition coefficient (Wildman–Crippen LogP) is 6.00. The standard InChI is InChI=1S/C32H26N2O4/c1-38-28-19-12-23(13-20-28)14-21-30(35)25-15-17-27(18-16-25)33-32(37)29(22-24-8-4-2-5-9-24)34-31(36)26-10-6-3-7-11-26/h2-22H,1H3,(H,33,37)(H,34,36)/b21-14+,29-22-. The minimum absolute atomic E-state index is 0.0904. The zero-order valence-electron chi connectivity index (χ0n) is 20.8. The molecule has 188 valence electrons. The van der Waals surface area contributed by atoms with Gasteiger partial charge < -0.3 is 15.4 Å². The molecule has 4 aromatic carbocycles. The third-order valence-corrected chi connectivity index (χ3v) is 5.61. The van der Waals surface area contributed by atoms with Crippen molar-refractivity contribution in [1.82, 2.24) is 5.32 Å². The van der Waals surface area contributed by atoms with Crippen molar-refractivity contribution in [2.24, 2.45) is 0 Å². The molecular weight excluding hydrogens is 476 g/mol. The molecule has 2 amide bonds. The van der Waals surface area contributed by atoms with Crippen molar-refractivity contribution in [3.05, 3.63) is 143 Å². The summed E-state index contributed by atoms with van der Waals surface area (Å²) in [5.41, 5.74) is 3.12. The van der Waals surface area contributed by atoms with Gasteiger partial charge in [0.25, 0.3) is 11.8 Å². The Hall–Kier alpha value is -5.23. The van der Waals surface area contributed by atoms with E-state index in [1.165, 1.54) is 6.08 Å². The molecule has 38 heavy (non-hydrogen) atoms. The fraction of sp³-hybridized carbons (Fsp3) is 0.0312. The highest BCUT2D eigenvalue weighted by atomic mass is 16.5. The summed E-state index contributed by atoms with van der Waals surface area (Å²) in [6, 6.07) is 31.8. The van der Waals surface area contributed by atoms with Crippen molar-refractivity contribution >= 4 is 35.4 Å². The minimum Gasteiger partial charge on any atom is -0.497 e. The summed E-state index contributed by atoms with van der Waals surface area (Å²) in [4.78, 5) is 38.4. The van der Waals surface area contributed by atoms with Gasteiger partial charge in [0, 0.05) is 16.8 Å². The van der Waals surface area contributed by atoms with E-state index in [1.807, 2.05) is 60.7 Å².